The summed E-state index contributed by atoms with van der Waals surface area (Å²) in [5, 5.41) is 9.81. The molecule has 0 aliphatic heterocycles. The minimum Gasteiger partial charge on any atom is -0.462 e. The molecule has 3 atom stereocenters. The van der Waals surface area contributed by atoms with E-state index in [1.807, 2.05) is 0 Å². The average Bonchev–Trinajstić information content (AvgIpc) is 3.41. The Bertz CT molecular complexity index is 1640. The van der Waals surface area contributed by atoms with E-state index in [0.29, 0.717) is 19.3 Å². The summed E-state index contributed by atoms with van der Waals surface area (Å²) >= 11 is 0. The van der Waals surface area contributed by atoms with Gasteiger partial charge in [0.05, 0.1) is 19.8 Å². The van der Waals surface area contributed by atoms with Crippen molar-refractivity contribution >= 4 is 25.7 Å². The molecule has 0 aliphatic carbocycles. The Balaban J connectivity index is 4.78. The van der Waals surface area contributed by atoms with E-state index in [2.05, 4.69) is 118 Å². The van der Waals surface area contributed by atoms with Crippen molar-refractivity contribution in [1.29, 1.82) is 0 Å². The molecule has 0 aromatic carbocycles. The van der Waals surface area contributed by atoms with Crippen molar-refractivity contribution in [1.82, 2.24) is 0 Å². The number of allylic oxidation sites excluding steroid dienone is 16. The van der Waals surface area contributed by atoms with Crippen LogP contribution in [0.2, 0.25) is 0 Å². The first-order valence-electron chi connectivity index (χ1n) is 30.1. The molecule has 0 aromatic rings. The molecule has 12 heteroatoms. The van der Waals surface area contributed by atoms with Gasteiger partial charge < -0.3 is 24.2 Å². The van der Waals surface area contributed by atoms with E-state index < -0.39 is 57.8 Å². The number of phosphoric acid groups is 1. The van der Waals surface area contributed by atoms with Crippen molar-refractivity contribution in [3.8, 4) is 0 Å². The Morgan fingerprint density at radius 2 is 0.684 bits per heavy atom. The van der Waals surface area contributed by atoms with Crippen molar-refractivity contribution in [2.24, 2.45) is 0 Å². The SMILES string of the molecule is CC/C=C\C/C=C\C/C=C\C/C=C\CCCCCCC(=O)OC(COC(=O)CCCCCCCCCCC/C=C\CCCCCCCC)COP(=O)(O)OCC(CO)OC(=O)CCCCC/C=C\C/C=C\C/C=C\CC. The van der Waals surface area contributed by atoms with Crippen LogP contribution in [-0.4, -0.2) is 66.5 Å². The minimum atomic E-state index is -4.77. The minimum absolute atomic E-state index is 0.133. The topological polar surface area (TPSA) is 155 Å². The van der Waals surface area contributed by atoms with E-state index in [4.69, 9.17) is 23.3 Å². The maximum atomic E-state index is 12.9. The van der Waals surface area contributed by atoms with Crippen molar-refractivity contribution in [2.45, 2.75) is 264 Å². The van der Waals surface area contributed by atoms with Crippen LogP contribution in [0, 0.1) is 0 Å². The fraction of sp³-hybridized carbons (Fsp3) is 0.703. The van der Waals surface area contributed by atoms with Crippen LogP contribution in [0.3, 0.4) is 0 Å². The Morgan fingerprint density at radius 3 is 1.08 bits per heavy atom. The van der Waals surface area contributed by atoms with Crippen LogP contribution in [0.25, 0.3) is 0 Å². The molecule has 0 aliphatic rings. The third-order valence-corrected chi connectivity index (χ3v) is 13.4. The van der Waals surface area contributed by atoms with Gasteiger partial charge in [-0.3, -0.25) is 23.4 Å². The molecule has 76 heavy (non-hydrogen) atoms. The van der Waals surface area contributed by atoms with E-state index in [-0.39, 0.29) is 25.9 Å². The second kappa shape index (κ2) is 57.6. The maximum absolute atomic E-state index is 12.9. The highest BCUT2D eigenvalue weighted by molar-refractivity contribution is 7.47. The lowest BCUT2D eigenvalue weighted by Gasteiger charge is -2.21. The van der Waals surface area contributed by atoms with Crippen LogP contribution >= 0.6 is 7.82 Å². The molecule has 0 rings (SSSR count). The molecule has 0 bridgehead atoms. The lowest BCUT2D eigenvalue weighted by molar-refractivity contribution is -0.161. The van der Waals surface area contributed by atoms with Gasteiger partial charge >= 0.3 is 25.7 Å². The first-order chi connectivity index (χ1) is 37.2. The smallest absolute Gasteiger partial charge is 0.462 e. The summed E-state index contributed by atoms with van der Waals surface area (Å²) in [6, 6.07) is 0. The highest BCUT2D eigenvalue weighted by Gasteiger charge is 2.28. The second-order valence-corrected chi connectivity index (χ2v) is 21.2. The van der Waals surface area contributed by atoms with Crippen molar-refractivity contribution in [3.63, 3.8) is 0 Å². The first kappa shape index (κ1) is 72.4. The summed E-state index contributed by atoms with van der Waals surface area (Å²) in [5.41, 5.74) is 0. The van der Waals surface area contributed by atoms with E-state index >= 15 is 0 Å². The summed E-state index contributed by atoms with van der Waals surface area (Å²) in [6.07, 6.45) is 68.0. The molecule has 0 saturated carbocycles. The van der Waals surface area contributed by atoms with Gasteiger partial charge in [0, 0.05) is 19.3 Å². The molecule has 2 N–H and O–H groups in total. The highest BCUT2D eigenvalue weighted by Crippen LogP contribution is 2.43. The van der Waals surface area contributed by atoms with Gasteiger partial charge in [-0.2, -0.15) is 0 Å². The summed E-state index contributed by atoms with van der Waals surface area (Å²) in [6.45, 7) is 4.36. The number of unbranched alkanes of at least 4 members (excludes halogenated alkanes) is 22. The first-order valence-corrected chi connectivity index (χ1v) is 31.6. The molecule has 3 unspecified atom stereocenters. The van der Waals surface area contributed by atoms with Crippen LogP contribution in [0.4, 0.5) is 0 Å². The summed E-state index contributed by atoms with van der Waals surface area (Å²) in [5.74, 6) is -1.53. The fourth-order valence-corrected chi connectivity index (χ4v) is 8.73. The molecule has 436 valence electrons. The maximum Gasteiger partial charge on any atom is 0.472 e. The number of aliphatic hydroxyl groups excluding tert-OH is 1. The fourth-order valence-electron chi connectivity index (χ4n) is 7.94. The predicted molar refractivity (Wildman–Crippen MR) is 316 cm³/mol. The number of carbonyl (C=O) groups is 3. The highest BCUT2D eigenvalue weighted by atomic mass is 31.2. The molecular weight excluding hydrogens is 976 g/mol. The van der Waals surface area contributed by atoms with Crippen molar-refractivity contribution in [3.05, 3.63) is 97.2 Å². The van der Waals surface area contributed by atoms with E-state index in [1.165, 1.54) is 83.5 Å². The Hall–Kier alpha value is -3.60. The van der Waals surface area contributed by atoms with Crippen LogP contribution < -0.4 is 0 Å². The van der Waals surface area contributed by atoms with Crippen LogP contribution in [0.5, 0.6) is 0 Å². The molecule has 0 fully saturated rings. The lowest BCUT2D eigenvalue weighted by Crippen LogP contribution is -2.30. The standard InChI is InChI=1S/C64H109O11P/c1-4-7-10-13-16-19-22-25-27-29-30-32-33-36-38-41-44-47-50-53-62(66)71-57-61(75-64(68)55-52-49-46-43-40-37-34-31-28-26-23-20-17-14-11-8-5-2)59-73-76(69,70)72-58-60(56-65)74-63(67)54-51-48-45-42-39-35-24-21-18-15-12-9-6-3/h8-9,11-12,17-18,20-21,25-28,34-35,37,39,60-61,65H,4-7,10,13-16,19,22-24,29-33,36,38,40-59H2,1-3H3,(H,69,70)/b11-8-,12-9-,20-17-,21-18-,27-25-,28-26-,37-34-,39-35-. The summed E-state index contributed by atoms with van der Waals surface area (Å²) in [7, 11) is -4.77. The summed E-state index contributed by atoms with van der Waals surface area (Å²) < 4.78 is 39.5. The van der Waals surface area contributed by atoms with Crippen molar-refractivity contribution < 1.29 is 52.2 Å². The molecule has 0 heterocycles. The number of esters is 3. The molecule has 0 spiro atoms. The molecule has 0 amide bonds. The zero-order valence-corrected chi connectivity index (χ0v) is 49.1. The molecule has 11 nitrogen and oxygen atoms in total. The molecule has 0 saturated heterocycles. The predicted octanol–water partition coefficient (Wildman–Crippen LogP) is 18.0. The second-order valence-electron chi connectivity index (χ2n) is 19.7. The number of hydrogen-bond donors (Lipinski definition) is 2. The van der Waals surface area contributed by atoms with Crippen LogP contribution in [0.15, 0.2) is 97.2 Å². The number of phosphoric ester groups is 1. The van der Waals surface area contributed by atoms with Gasteiger partial charge in [0.2, 0.25) is 0 Å². The normalized spacial score (nSPS) is 14.0. The number of ether oxygens (including phenoxy) is 3. The van der Waals surface area contributed by atoms with Gasteiger partial charge in [-0.1, -0.05) is 214 Å². The Kier molecular flexibility index (Phi) is 54.8. The zero-order valence-electron chi connectivity index (χ0n) is 48.2. The lowest BCUT2D eigenvalue weighted by atomic mass is 10.1. The van der Waals surface area contributed by atoms with E-state index in [9.17, 15) is 28.9 Å². The van der Waals surface area contributed by atoms with Gasteiger partial charge in [-0.05, 0) is 116 Å². The third-order valence-electron chi connectivity index (χ3n) is 12.5. The number of aliphatic hydroxyl groups is 1. The van der Waals surface area contributed by atoms with Gasteiger partial charge in [0.15, 0.2) is 6.10 Å². The number of hydrogen-bond acceptors (Lipinski definition) is 10. The van der Waals surface area contributed by atoms with Crippen molar-refractivity contribution in [2.75, 3.05) is 26.4 Å². The Morgan fingerprint density at radius 1 is 0.382 bits per heavy atom. The summed E-state index contributed by atoms with van der Waals surface area (Å²) in [4.78, 5) is 48.6. The van der Waals surface area contributed by atoms with Crippen LogP contribution in [0.1, 0.15) is 252 Å². The molecule has 0 aromatic heterocycles. The monoisotopic (exact) mass is 1080 g/mol. The van der Waals surface area contributed by atoms with Gasteiger partial charge in [0.25, 0.3) is 0 Å². The Labute approximate surface area is 463 Å². The number of carbonyl (C=O) groups excluding carboxylic acids is 3. The quantitative estimate of drug-likeness (QED) is 0.0197. The van der Waals surface area contributed by atoms with E-state index in [1.54, 1.807) is 0 Å². The van der Waals surface area contributed by atoms with Crippen LogP contribution in [-0.2, 0) is 42.2 Å². The molecule has 0 radical (unpaired) electrons. The largest absolute Gasteiger partial charge is 0.472 e. The number of rotatable bonds is 55. The average molecular weight is 1090 g/mol. The van der Waals surface area contributed by atoms with Gasteiger partial charge in [0.1, 0.15) is 12.7 Å². The molecular formula is C64H109O11P. The van der Waals surface area contributed by atoms with Gasteiger partial charge in [-0.15, -0.1) is 0 Å². The zero-order chi connectivity index (χ0) is 55.5. The van der Waals surface area contributed by atoms with Gasteiger partial charge in [-0.25, -0.2) is 4.57 Å². The van der Waals surface area contributed by atoms with E-state index in [0.717, 1.165) is 109 Å². The third kappa shape index (κ3) is 55.2.